The maximum Gasteiger partial charge on any atom is 0.309 e. The SMILES string of the molecule is CC(C)(Cc1ccc(C2CCOC2)c(Br)c1)C(=O)O. The molecule has 0 bridgehead atoms. The molecule has 2 rings (SSSR count). The predicted octanol–water partition coefficient (Wildman–Crippen LogP) is 3.61. The molecule has 3 nitrogen and oxygen atoms in total. The molecule has 1 aliphatic rings. The van der Waals surface area contributed by atoms with Crippen molar-refractivity contribution in [3.05, 3.63) is 33.8 Å². The molecular weight excluding hydrogens is 308 g/mol. The van der Waals surface area contributed by atoms with Crippen LogP contribution in [-0.2, 0) is 16.0 Å². The van der Waals surface area contributed by atoms with E-state index in [0.717, 1.165) is 29.7 Å². The van der Waals surface area contributed by atoms with Gasteiger partial charge in [0.25, 0.3) is 0 Å². The van der Waals surface area contributed by atoms with E-state index in [1.54, 1.807) is 13.8 Å². The van der Waals surface area contributed by atoms with Crippen LogP contribution >= 0.6 is 15.9 Å². The standard InChI is InChI=1S/C15H19BrO3/c1-15(2,14(17)18)8-10-3-4-12(13(16)7-10)11-5-6-19-9-11/h3-4,7,11H,5-6,8-9H2,1-2H3,(H,17,18). The summed E-state index contributed by atoms with van der Waals surface area (Å²) in [5, 5.41) is 9.17. The number of rotatable bonds is 4. The first kappa shape index (κ1) is 14.5. The Morgan fingerprint density at radius 1 is 1.53 bits per heavy atom. The monoisotopic (exact) mass is 326 g/mol. The van der Waals surface area contributed by atoms with Crippen molar-refractivity contribution < 1.29 is 14.6 Å². The number of aliphatic carboxylic acids is 1. The number of ether oxygens (including phenoxy) is 1. The molecule has 1 aromatic carbocycles. The van der Waals surface area contributed by atoms with Crippen molar-refractivity contribution >= 4 is 21.9 Å². The van der Waals surface area contributed by atoms with Gasteiger partial charge in [-0.05, 0) is 43.9 Å². The number of carboxylic acid groups (broad SMARTS) is 1. The lowest BCUT2D eigenvalue weighted by molar-refractivity contribution is -0.146. The van der Waals surface area contributed by atoms with Crippen LogP contribution in [0, 0.1) is 5.41 Å². The zero-order valence-corrected chi connectivity index (χ0v) is 12.9. The lowest BCUT2D eigenvalue weighted by Crippen LogP contribution is -2.26. The second kappa shape index (κ2) is 5.63. The van der Waals surface area contributed by atoms with Gasteiger partial charge in [-0.2, -0.15) is 0 Å². The maximum atomic E-state index is 11.2. The highest BCUT2D eigenvalue weighted by molar-refractivity contribution is 9.10. The van der Waals surface area contributed by atoms with Crippen LogP contribution in [0.2, 0.25) is 0 Å². The summed E-state index contributed by atoms with van der Waals surface area (Å²) in [6, 6.07) is 6.16. The van der Waals surface area contributed by atoms with Crippen LogP contribution in [0.3, 0.4) is 0 Å². The molecule has 0 aliphatic carbocycles. The fourth-order valence-corrected chi connectivity index (χ4v) is 3.13. The van der Waals surface area contributed by atoms with E-state index in [1.165, 1.54) is 5.56 Å². The van der Waals surface area contributed by atoms with Crippen LogP contribution in [0.15, 0.2) is 22.7 Å². The molecular formula is C15H19BrO3. The Kier molecular flexibility index (Phi) is 4.31. The number of carboxylic acids is 1. The van der Waals surface area contributed by atoms with Crippen molar-refractivity contribution in [1.82, 2.24) is 0 Å². The molecule has 0 radical (unpaired) electrons. The maximum absolute atomic E-state index is 11.2. The smallest absolute Gasteiger partial charge is 0.309 e. The normalized spacial score (nSPS) is 19.6. The molecule has 4 heteroatoms. The fraction of sp³-hybridized carbons (Fsp3) is 0.533. The lowest BCUT2D eigenvalue weighted by Gasteiger charge is -2.20. The van der Waals surface area contributed by atoms with Crippen molar-refractivity contribution in [3.8, 4) is 0 Å². The fourth-order valence-electron chi connectivity index (χ4n) is 2.38. The lowest BCUT2D eigenvalue weighted by atomic mass is 9.85. The Bertz CT molecular complexity index is 476. The van der Waals surface area contributed by atoms with Gasteiger partial charge >= 0.3 is 5.97 Å². The van der Waals surface area contributed by atoms with Gasteiger partial charge in [0.15, 0.2) is 0 Å². The minimum atomic E-state index is -0.767. The van der Waals surface area contributed by atoms with Gasteiger partial charge in [-0.25, -0.2) is 0 Å². The molecule has 0 amide bonds. The van der Waals surface area contributed by atoms with Crippen molar-refractivity contribution in [2.75, 3.05) is 13.2 Å². The Labute approximate surface area is 122 Å². The molecule has 1 heterocycles. The third-order valence-corrected chi connectivity index (χ3v) is 4.35. The van der Waals surface area contributed by atoms with E-state index in [1.807, 2.05) is 12.1 Å². The predicted molar refractivity (Wildman–Crippen MR) is 77.4 cm³/mol. The molecule has 0 saturated carbocycles. The summed E-state index contributed by atoms with van der Waals surface area (Å²) in [7, 11) is 0. The van der Waals surface area contributed by atoms with Gasteiger partial charge in [-0.15, -0.1) is 0 Å². The Hall–Kier alpha value is -0.870. The third kappa shape index (κ3) is 3.37. The summed E-state index contributed by atoms with van der Waals surface area (Å²) in [4.78, 5) is 11.2. The van der Waals surface area contributed by atoms with Gasteiger partial charge in [0.1, 0.15) is 0 Å². The van der Waals surface area contributed by atoms with Crippen molar-refractivity contribution in [2.45, 2.75) is 32.6 Å². The molecule has 1 fully saturated rings. The number of benzene rings is 1. The number of hydrogen-bond donors (Lipinski definition) is 1. The summed E-state index contributed by atoms with van der Waals surface area (Å²) in [5.74, 6) is -0.312. The van der Waals surface area contributed by atoms with Gasteiger partial charge in [0.05, 0.1) is 12.0 Å². The molecule has 19 heavy (non-hydrogen) atoms. The van der Waals surface area contributed by atoms with Gasteiger partial charge in [0, 0.05) is 17.0 Å². The number of halogens is 1. The summed E-state index contributed by atoms with van der Waals surface area (Å²) in [6.07, 6.45) is 1.58. The molecule has 1 N–H and O–H groups in total. The van der Waals surface area contributed by atoms with E-state index in [9.17, 15) is 9.90 Å². The molecule has 1 atom stereocenters. The number of hydrogen-bond acceptors (Lipinski definition) is 2. The molecule has 1 aliphatic heterocycles. The van der Waals surface area contributed by atoms with Gasteiger partial charge in [-0.1, -0.05) is 28.1 Å². The molecule has 0 aromatic heterocycles. The molecule has 1 saturated heterocycles. The average molecular weight is 327 g/mol. The van der Waals surface area contributed by atoms with E-state index in [-0.39, 0.29) is 0 Å². The van der Waals surface area contributed by atoms with Gasteiger partial charge in [0.2, 0.25) is 0 Å². The van der Waals surface area contributed by atoms with E-state index in [4.69, 9.17) is 4.74 Å². The van der Waals surface area contributed by atoms with Crippen molar-refractivity contribution in [1.29, 1.82) is 0 Å². The topological polar surface area (TPSA) is 46.5 Å². The van der Waals surface area contributed by atoms with E-state index in [2.05, 4.69) is 22.0 Å². The third-order valence-electron chi connectivity index (χ3n) is 3.66. The minimum absolute atomic E-state index is 0.455. The van der Waals surface area contributed by atoms with E-state index < -0.39 is 11.4 Å². The summed E-state index contributed by atoms with van der Waals surface area (Å²) >= 11 is 3.60. The van der Waals surface area contributed by atoms with Gasteiger partial charge < -0.3 is 9.84 Å². The highest BCUT2D eigenvalue weighted by atomic mass is 79.9. The quantitative estimate of drug-likeness (QED) is 0.919. The zero-order valence-electron chi connectivity index (χ0n) is 11.3. The molecule has 1 unspecified atom stereocenters. The highest BCUT2D eigenvalue weighted by Crippen LogP contribution is 2.33. The second-order valence-electron chi connectivity index (χ2n) is 5.78. The van der Waals surface area contributed by atoms with Crippen LogP contribution in [0.4, 0.5) is 0 Å². The zero-order chi connectivity index (χ0) is 14.0. The van der Waals surface area contributed by atoms with Gasteiger partial charge in [-0.3, -0.25) is 4.79 Å². The van der Waals surface area contributed by atoms with Crippen LogP contribution in [0.25, 0.3) is 0 Å². The van der Waals surface area contributed by atoms with Crippen LogP contribution in [0.5, 0.6) is 0 Å². The van der Waals surface area contributed by atoms with Crippen molar-refractivity contribution in [3.63, 3.8) is 0 Å². The Morgan fingerprint density at radius 2 is 2.26 bits per heavy atom. The van der Waals surface area contributed by atoms with Crippen LogP contribution < -0.4 is 0 Å². The van der Waals surface area contributed by atoms with E-state index >= 15 is 0 Å². The Morgan fingerprint density at radius 3 is 2.79 bits per heavy atom. The minimum Gasteiger partial charge on any atom is -0.481 e. The largest absolute Gasteiger partial charge is 0.481 e. The Balaban J connectivity index is 2.17. The summed E-state index contributed by atoms with van der Waals surface area (Å²) < 4.78 is 6.47. The highest BCUT2D eigenvalue weighted by Gasteiger charge is 2.28. The summed E-state index contributed by atoms with van der Waals surface area (Å²) in [5.41, 5.74) is 1.56. The first-order valence-electron chi connectivity index (χ1n) is 6.49. The first-order valence-corrected chi connectivity index (χ1v) is 7.29. The average Bonchev–Trinajstić information content (AvgIpc) is 2.81. The molecule has 1 aromatic rings. The number of carbonyl (C=O) groups is 1. The second-order valence-corrected chi connectivity index (χ2v) is 6.64. The van der Waals surface area contributed by atoms with Crippen molar-refractivity contribution in [2.24, 2.45) is 5.41 Å². The van der Waals surface area contributed by atoms with Crippen LogP contribution in [-0.4, -0.2) is 24.3 Å². The summed E-state index contributed by atoms with van der Waals surface area (Å²) in [6.45, 7) is 5.10. The van der Waals surface area contributed by atoms with E-state index in [0.29, 0.717) is 12.3 Å². The first-order chi connectivity index (χ1) is 8.90. The molecule has 104 valence electrons. The van der Waals surface area contributed by atoms with Crippen LogP contribution in [0.1, 0.15) is 37.3 Å². The molecule has 0 spiro atoms.